The number of urea groups is 1. The number of thiocarbonyl (C=S) groups is 1. The van der Waals surface area contributed by atoms with Crippen molar-refractivity contribution < 1.29 is 4.79 Å². The number of amides is 2. The summed E-state index contributed by atoms with van der Waals surface area (Å²) in [5.74, 6) is 0. The zero-order valence-corrected chi connectivity index (χ0v) is 12.4. The molecule has 0 atom stereocenters. The van der Waals surface area contributed by atoms with Crippen LogP contribution >= 0.6 is 12.2 Å². The Balaban J connectivity index is 1.84. The lowest BCUT2D eigenvalue weighted by Gasteiger charge is -2.21. The Labute approximate surface area is 124 Å². The molecule has 1 aliphatic heterocycles. The van der Waals surface area contributed by atoms with Gasteiger partial charge in [-0.3, -0.25) is 0 Å². The van der Waals surface area contributed by atoms with Gasteiger partial charge in [0, 0.05) is 38.3 Å². The normalized spacial score (nSPS) is 14.7. The second kappa shape index (κ2) is 6.67. The van der Waals surface area contributed by atoms with Gasteiger partial charge in [0.2, 0.25) is 0 Å². The Morgan fingerprint density at radius 1 is 1.55 bits per heavy atom. The predicted molar refractivity (Wildman–Crippen MR) is 83.6 cm³/mol. The van der Waals surface area contributed by atoms with E-state index >= 15 is 0 Å². The molecule has 6 heteroatoms. The number of nitrogens with one attached hydrogen (secondary N) is 1. The Morgan fingerprint density at radius 3 is 3.00 bits per heavy atom. The van der Waals surface area contributed by atoms with Crippen molar-refractivity contribution >= 4 is 23.2 Å². The highest BCUT2D eigenvalue weighted by Crippen LogP contribution is 2.08. The van der Waals surface area contributed by atoms with Crippen molar-refractivity contribution in [2.24, 2.45) is 5.73 Å². The van der Waals surface area contributed by atoms with Crippen LogP contribution in [0.1, 0.15) is 11.1 Å². The number of nitrogens with two attached hydrogens (primary N) is 1. The highest BCUT2D eigenvalue weighted by molar-refractivity contribution is 7.80. The number of benzene rings is 1. The van der Waals surface area contributed by atoms with Gasteiger partial charge in [0.05, 0.1) is 0 Å². The average molecular weight is 292 g/mol. The van der Waals surface area contributed by atoms with Crippen LogP contribution in [0.15, 0.2) is 24.3 Å². The minimum atomic E-state index is 0.0360. The van der Waals surface area contributed by atoms with Gasteiger partial charge in [-0.2, -0.15) is 0 Å². The Morgan fingerprint density at radius 2 is 2.35 bits per heavy atom. The summed E-state index contributed by atoms with van der Waals surface area (Å²) < 4.78 is 0. The van der Waals surface area contributed by atoms with Gasteiger partial charge < -0.3 is 20.9 Å². The molecule has 0 unspecified atom stereocenters. The van der Waals surface area contributed by atoms with Gasteiger partial charge in [-0.1, -0.05) is 30.4 Å². The van der Waals surface area contributed by atoms with E-state index in [1.807, 2.05) is 30.1 Å². The molecule has 20 heavy (non-hydrogen) atoms. The first-order valence-electron chi connectivity index (χ1n) is 6.66. The third-order valence-electron chi connectivity index (χ3n) is 3.36. The van der Waals surface area contributed by atoms with Gasteiger partial charge in [0.1, 0.15) is 4.99 Å². The smallest absolute Gasteiger partial charge is 0.317 e. The van der Waals surface area contributed by atoms with Crippen molar-refractivity contribution in [3.05, 3.63) is 35.4 Å². The molecule has 1 saturated heterocycles. The fourth-order valence-corrected chi connectivity index (χ4v) is 2.36. The molecule has 3 N–H and O–H groups in total. The lowest BCUT2D eigenvalue weighted by molar-refractivity contribution is 0.207. The van der Waals surface area contributed by atoms with E-state index in [1.165, 1.54) is 5.56 Å². The van der Waals surface area contributed by atoms with E-state index < -0.39 is 0 Å². The number of hydrogen-bond donors (Lipinski definition) is 2. The van der Waals surface area contributed by atoms with Crippen LogP contribution in [0.5, 0.6) is 0 Å². The summed E-state index contributed by atoms with van der Waals surface area (Å²) in [4.78, 5) is 15.9. The summed E-state index contributed by atoms with van der Waals surface area (Å²) in [5.41, 5.74) is 7.70. The fourth-order valence-electron chi connectivity index (χ4n) is 2.23. The molecule has 1 aromatic carbocycles. The molecule has 0 bridgehead atoms. The van der Waals surface area contributed by atoms with Gasteiger partial charge >= 0.3 is 6.03 Å². The standard InChI is InChI=1S/C14H20N4OS/c1-17(7-8-18-6-5-16-14(18)19)10-11-3-2-4-12(9-11)13(15)20/h2-4,9H,5-8,10H2,1H3,(H2,15,20)(H,16,19). The van der Waals surface area contributed by atoms with Crippen molar-refractivity contribution in [3.63, 3.8) is 0 Å². The highest BCUT2D eigenvalue weighted by Gasteiger charge is 2.18. The molecular weight excluding hydrogens is 272 g/mol. The van der Waals surface area contributed by atoms with Gasteiger partial charge in [-0.25, -0.2) is 4.79 Å². The molecule has 1 aromatic rings. The SMILES string of the molecule is CN(CCN1CCNC1=O)Cc1cccc(C(N)=S)c1. The quantitative estimate of drug-likeness (QED) is 0.761. The van der Waals surface area contributed by atoms with E-state index in [9.17, 15) is 4.79 Å². The first kappa shape index (κ1) is 14.7. The fraction of sp³-hybridized carbons (Fsp3) is 0.429. The van der Waals surface area contributed by atoms with Crippen molar-refractivity contribution in [2.75, 3.05) is 33.2 Å². The molecule has 0 aliphatic carbocycles. The van der Waals surface area contributed by atoms with Crippen LogP contribution < -0.4 is 11.1 Å². The molecule has 108 valence electrons. The maximum atomic E-state index is 11.4. The number of rotatable bonds is 6. The zero-order valence-electron chi connectivity index (χ0n) is 11.6. The van der Waals surface area contributed by atoms with E-state index in [4.69, 9.17) is 18.0 Å². The summed E-state index contributed by atoms with van der Waals surface area (Å²) in [7, 11) is 2.04. The Bertz CT molecular complexity index is 506. The third kappa shape index (κ3) is 3.91. The largest absolute Gasteiger partial charge is 0.389 e. The molecule has 0 saturated carbocycles. The van der Waals surface area contributed by atoms with Crippen molar-refractivity contribution in [1.82, 2.24) is 15.1 Å². The van der Waals surface area contributed by atoms with Crippen molar-refractivity contribution in [3.8, 4) is 0 Å². The maximum Gasteiger partial charge on any atom is 0.317 e. The molecule has 1 fully saturated rings. The highest BCUT2D eigenvalue weighted by atomic mass is 32.1. The topological polar surface area (TPSA) is 61.6 Å². The Kier molecular flexibility index (Phi) is 4.92. The number of nitrogens with zero attached hydrogens (tertiary/aromatic N) is 2. The second-order valence-corrected chi connectivity index (χ2v) is 5.46. The van der Waals surface area contributed by atoms with E-state index in [0.717, 1.165) is 38.3 Å². The summed E-state index contributed by atoms with van der Waals surface area (Å²) in [6.07, 6.45) is 0. The van der Waals surface area contributed by atoms with E-state index in [1.54, 1.807) is 0 Å². The van der Waals surface area contributed by atoms with Crippen LogP contribution in [-0.2, 0) is 6.54 Å². The lowest BCUT2D eigenvalue weighted by Crippen LogP contribution is -2.35. The summed E-state index contributed by atoms with van der Waals surface area (Å²) in [6, 6.07) is 7.99. The number of carbonyl (C=O) groups excluding carboxylic acids is 1. The van der Waals surface area contributed by atoms with Crippen LogP contribution in [0.25, 0.3) is 0 Å². The van der Waals surface area contributed by atoms with E-state index in [-0.39, 0.29) is 6.03 Å². The molecule has 0 spiro atoms. The molecule has 2 amide bonds. The van der Waals surface area contributed by atoms with Crippen LogP contribution in [-0.4, -0.2) is 54.0 Å². The van der Waals surface area contributed by atoms with Gasteiger partial charge in [-0.15, -0.1) is 0 Å². The predicted octanol–water partition coefficient (Wildman–Crippen LogP) is 0.778. The summed E-state index contributed by atoms with van der Waals surface area (Å²) in [5, 5.41) is 2.80. The minimum Gasteiger partial charge on any atom is -0.389 e. The van der Waals surface area contributed by atoms with Gasteiger partial charge in [-0.05, 0) is 18.7 Å². The molecule has 2 rings (SSSR count). The van der Waals surface area contributed by atoms with Crippen LogP contribution in [0.4, 0.5) is 4.79 Å². The zero-order chi connectivity index (χ0) is 14.5. The van der Waals surface area contributed by atoms with E-state index in [0.29, 0.717) is 4.99 Å². The Hall–Kier alpha value is -1.66. The summed E-state index contributed by atoms with van der Waals surface area (Å²) in [6.45, 7) is 3.94. The molecule has 0 aromatic heterocycles. The van der Waals surface area contributed by atoms with E-state index in [2.05, 4.69) is 16.3 Å². The minimum absolute atomic E-state index is 0.0360. The van der Waals surface area contributed by atoms with Crippen LogP contribution in [0, 0.1) is 0 Å². The molecule has 5 nitrogen and oxygen atoms in total. The first-order valence-corrected chi connectivity index (χ1v) is 7.07. The monoisotopic (exact) mass is 292 g/mol. The molecular formula is C14H20N4OS. The lowest BCUT2D eigenvalue weighted by atomic mass is 10.1. The number of hydrogen-bond acceptors (Lipinski definition) is 3. The summed E-state index contributed by atoms with van der Waals surface area (Å²) >= 11 is 4.99. The number of likely N-dealkylation sites (N-methyl/N-ethyl adjacent to an activating group) is 1. The van der Waals surface area contributed by atoms with Crippen molar-refractivity contribution in [2.45, 2.75) is 6.54 Å². The van der Waals surface area contributed by atoms with Crippen LogP contribution in [0.3, 0.4) is 0 Å². The molecule has 0 radical (unpaired) electrons. The maximum absolute atomic E-state index is 11.4. The third-order valence-corrected chi connectivity index (χ3v) is 3.60. The molecule has 1 aliphatic rings. The number of carbonyl (C=O) groups is 1. The molecule has 1 heterocycles. The van der Waals surface area contributed by atoms with Crippen molar-refractivity contribution in [1.29, 1.82) is 0 Å². The van der Waals surface area contributed by atoms with Gasteiger partial charge in [0.25, 0.3) is 0 Å². The average Bonchev–Trinajstić information content (AvgIpc) is 2.82. The second-order valence-electron chi connectivity index (χ2n) is 5.02. The van der Waals surface area contributed by atoms with Gasteiger partial charge in [0.15, 0.2) is 0 Å². The first-order chi connectivity index (χ1) is 9.56. The van der Waals surface area contributed by atoms with Crippen LogP contribution in [0.2, 0.25) is 0 Å².